The summed E-state index contributed by atoms with van der Waals surface area (Å²) in [6, 6.07) is 8.80. The second-order valence-corrected chi connectivity index (χ2v) is 4.93. The molecule has 3 nitrogen and oxygen atoms in total. The zero-order chi connectivity index (χ0) is 10.6. The van der Waals surface area contributed by atoms with E-state index >= 15 is 0 Å². The molecule has 1 atom stereocenters. The molecule has 0 bridgehead atoms. The van der Waals surface area contributed by atoms with Gasteiger partial charge in [0.15, 0.2) is 5.44 Å². The number of hydrogen-bond acceptors (Lipinski definition) is 3. The van der Waals surface area contributed by atoms with Gasteiger partial charge in [-0.3, -0.25) is 0 Å². The van der Waals surface area contributed by atoms with Gasteiger partial charge in [-0.25, -0.2) is 8.42 Å². The molecule has 0 aromatic heterocycles. The zero-order valence-electron chi connectivity index (χ0n) is 7.88. The van der Waals surface area contributed by atoms with Gasteiger partial charge in [-0.2, -0.15) is 0 Å². The average Bonchev–Trinajstić information content (AvgIpc) is 2.19. The number of rotatable bonds is 4. The van der Waals surface area contributed by atoms with Gasteiger partial charge in [-0.15, -0.1) is 0 Å². The number of benzene rings is 1. The van der Waals surface area contributed by atoms with E-state index in [9.17, 15) is 8.42 Å². The first-order chi connectivity index (χ1) is 6.56. The SMILES string of the molecule is C=CS(=O)(=O)C(C)Oc1ccccc1. The van der Waals surface area contributed by atoms with Crippen LogP contribution in [0.3, 0.4) is 0 Å². The van der Waals surface area contributed by atoms with E-state index in [2.05, 4.69) is 6.58 Å². The van der Waals surface area contributed by atoms with Crippen molar-refractivity contribution in [2.45, 2.75) is 12.4 Å². The Balaban J connectivity index is 2.77. The Bertz CT molecular complexity index is 395. The van der Waals surface area contributed by atoms with Crippen molar-refractivity contribution in [3.05, 3.63) is 42.3 Å². The predicted octanol–water partition coefficient (Wildman–Crippen LogP) is 1.97. The molecule has 4 heteroatoms. The number of para-hydroxylation sites is 1. The molecule has 1 rings (SSSR count). The number of sulfone groups is 1. The molecule has 0 saturated heterocycles. The summed E-state index contributed by atoms with van der Waals surface area (Å²) in [5, 5.41) is 0.903. The van der Waals surface area contributed by atoms with Gasteiger partial charge >= 0.3 is 0 Å². The maximum atomic E-state index is 11.3. The maximum Gasteiger partial charge on any atom is 0.208 e. The van der Waals surface area contributed by atoms with Gasteiger partial charge < -0.3 is 4.74 Å². The Hall–Kier alpha value is -1.29. The first kappa shape index (κ1) is 10.8. The summed E-state index contributed by atoms with van der Waals surface area (Å²) in [5.74, 6) is 0.533. The van der Waals surface area contributed by atoms with Crippen molar-refractivity contribution in [3.63, 3.8) is 0 Å². The Morgan fingerprint density at radius 1 is 1.36 bits per heavy atom. The Kier molecular flexibility index (Phi) is 3.30. The van der Waals surface area contributed by atoms with Crippen molar-refractivity contribution in [1.29, 1.82) is 0 Å². The number of ether oxygens (including phenoxy) is 1. The van der Waals surface area contributed by atoms with E-state index in [4.69, 9.17) is 4.74 Å². The summed E-state index contributed by atoms with van der Waals surface area (Å²) in [5.41, 5.74) is -0.901. The molecule has 0 aliphatic heterocycles. The minimum atomic E-state index is -3.35. The molecule has 0 heterocycles. The van der Waals surface area contributed by atoms with Crippen molar-refractivity contribution >= 4 is 9.84 Å². The van der Waals surface area contributed by atoms with Crippen molar-refractivity contribution in [1.82, 2.24) is 0 Å². The highest BCUT2D eigenvalue weighted by Gasteiger charge is 2.18. The van der Waals surface area contributed by atoms with Gasteiger partial charge in [0.1, 0.15) is 5.75 Å². The van der Waals surface area contributed by atoms with Crippen LogP contribution in [0.15, 0.2) is 42.3 Å². The van der Waals surface area contributed by atoms with Crippen molar-refractivity contribution in [2.75, 3.05) is 0 Å². The third-order valence-electron chi connectivity index (χ3n) is 1.74. The van der Waals surface area contributed by atoms with E-state index in [0.717, 1.165) is 5.41 Å². The smallest absolute Gasteiger partial charge is 0.208 e. The Morgan fingerprint density at radius 2 is 1.93 bits per heavy atom. The molecule has 0 radical (unpaired) electrons. The van der Waals surface area contributed by atoms with Gasteiger partial charge in [0.25, 0.3) is 0 Å². The van der Waals surface area contributed by atoms with Crippen molar-refractivity contribution < 1.29 is 13.2 Å². The first-order valence-electron chi connectivity index (χ1n) is 4.14. The third-order valence-corrected chi connectivity index (χ3v) is 3.23. The largest absolute Gasteiger partial charge is 0.475 e. The fourth-order valence-electron chi connectivity index (χ4n) is 0.893. The van der Waals surface area contributed by atoms with Gasteiger partial charge in [-0.05, 0) is 19.1 Å². The molecule has 0 aliphatic rings. The molecule has 0 aliphatic carbocycles. The van der Waals surface area contributed by atoms with Crippen LogP contribution >= 0.6 is 0 Å². The zero-order valence-corrected chi connectivity index (χ0v) is 8.70. The van der Waals surface area contributed by atoms with E-state index in [0.29, 0.717) is 5.75 Å². The van der Waals surface area contributed by atoms with Crippen molar-refractivity contribution in [2.24, 2.45) is 0 Å². The van der Waals surface area contributed by atoms with Crippen LogP contribution in [-0.4, -0.2) is 13.9 Å². The number of hydrogen-bond donors (Lipinski definition) is 0. The lowest BCUT2D eigenvalue weighted by atomic mass is 10.3. The van der Waals surface area contributed by atoms with Gasteiger partial charge in [0.05, 0.1) is 0 Å². The molecule has 0 fully saturated rings. The Morgan fingerprint density at radius 3 is 2.43 bits per heavy atom. The van der Waals surface area contributed by atoms with Crippen LogP contribution in [0.25, 0.3) is 0 Å². The van der Waals surface area contributed by atoms with E-state index in [-0.39, 0.29) is 0 Å². The lowest BCUT2D eigenvalue weighted by molar-refractivity contribution is 0.294. The highest BCUT2D eigenvalue weighted by Crippen LogP contribution is 2.14. The fourth-order valence-corrected chi connectivity index (χ4v) is 1.41. The molecule has 0 spiro atoms. The van der Waals surface area contributed by atoms with E-state index < -0.39 is 15.3 Å². The molecular weight excluding hydrogens is 200 g/mol. The minimum Gasteiger partial charge on any atom is -0.475 e. The quantitative estimate of drug-likeness (QED) is 0.766. The van der Waals surface area contributed by atoms with Crippen molar-refractivity contribution in [3.8, 4) is 5.75 Å². The second-order valence-electron chi connectivity index (χ2n) is 2.75. The third kappa shape index (κ3) is 2.60. The van der Waals surface area contributed by atoms with Gasteiger partial charge in [0, 0.05) is 5.41 Å². The van der Waals surface area contributed by atoms with Gasteiger partial charge in [-0.1, -0.05) is 24.8 Å². The molecule has 1 aromatic carbocycles. The van der Waals surface area contributed by atoms with Crippen LogP contribution in [0.5, 0.6) is 5.75 Å². The molecule has 1 unspecified atom stereocenters. The normalized spacial score (nSPS) is 13.2. The highest BCUT2D eigenvalue weighted by molar-refractivity contribution is 7.94. The fraction of sp³-hybridized carbons (Fsp3) is 0.200. The molecular formula is C10H12O3S. The van der Waals surface area contributed by atoms with Crippen LogP contribution < -0.4 is 4.74 Å². The topological polar surface area (TPSA) is 43.4 Å². The summed E-state index contributed by atoms with van der Waals surface area (Å²) in [4.78, 5) is 0. The van der Waals surface area contributed by atoms with Crippen LogP contribution in [0.2, 0.25) is 0 Å². The van der Waals surface area contributed by atoms with E-state index in [1.807, 2.05) is 6.07 Å². The highest BCUT2D eigenvalue weighted by atomic mass is 32.2. The molecule has 1 aromatic rings. The van der Waals surface area contributed by atoms with E-state index in [1.54, 1.807) is 24.3 Å². The average molecular weight is 212 g/mol. The van der Waals surface area contributed by atoms with Crippen LogP contribution in [0.1, 0.15) is 6.92 Å². The molecule has 0 amide bonds. The molecule has 0 saturated carbocycles. The van der Waals surface area contributed by atoms with Gasteiger partial charge in [0.2, 0.25) is 9.84 Å². The lowest BCUT2D eigenvalue weighted by Gasteiger charge is -2.12. The summed E-state index contributed by atoms with van der Waals surface area (Å²) in [6.07, 6.45) is 0. The summed E-state index contributed by atoms with van der Waals surface area (Å²) in [6.45, 7) is 4.70. The minimum absolute atomic E-state index is 0.533. The molecule has 0 N–H and O–H groups in total. The molecule has 76 valence electrons. The predicted molar refractivity (Wildman–Crippen MR) is 55.6 cm³/mol. The molecule has 14 heavy (non-hydrogen) atoms. The summed E-state index contributed by atoms with van der Waals surface area (Å²) < 4.78 is 27.7. The standard InChI is InChI=1S/C10H12O3S/c1-3-14(11,12)9(2)13-10-7-5-4-6-8-10/h3-9H,1H2,2H3. The second kappa shape index (κ2) is 4.28. The monoisotopic (exact) mass is 212 g/mol. The van der Waals surface area contributed by atoms with E-state index in [1.165, 1.54) is 6.92 Å². The Labute approximate surface area is 83.9 Å². The maximum absolute atomic E-state index is 11.3. The van der Waals surface area contributed by atoms with Crippen LogP contribution in [0, 0.1) is 0 Å². The summed E-state index contributed by atoms with van der Waals surface area (Å²) in [7, 11) is -3.35. The lowest BCUT2D eigenvalue weighted by Crippen LogP contribution is -2.21. The first-order valence-corrected chi connectivity index (χ1v) is 5.75. The summed E-state index contributed by atoms with van der Waals surface area (Å²) >= 11 is 0. The van der Waals surface area contributed by atoms with Crippen LogP contribution in [0.4, 0.5) is 0 Å². The van der Waals surface area contributed by atoms with Crippen LogP contribution in [-0.2, 0) is 9.84 Å².